The number of anilines is 1. The molecule has 1 saturated heterocycles. The van der Waals surface area contributed by atoms with Gasteiger partial charge in [-0.1, -0.05) is 30.3 Å². The first-order valence-corrected chi connectivity index (χ1v) is 10.9. The van der Waals surface area contributed by atoms with Gasteiger partial charge in [-0.25, -0.2) is 4.98 Å². The van der Waals surface area contributed by atoms with Crippen LogP contribution >= 0.6 is 0 Å². The van der Waals surface area contributed by atoms with Gasteiger partial charge in [0.2, 0.25) is 11.8 Å². The number of nitriles is 1. The smallest absolute Gasteiger partial charge is 0.278 e. The molecule has 10 heteroatoms. The third-order valence-corrected chi connectivity index (χ3v) is 5.93. The second-order valence-corrected chi connectivity index (χ2v) is 8.32. The lowest BCUT2D eigenvalue weighted by atomic mass is 10.1. The number of nitrogens with zero attached hydrogens (tertiary/aromatic N) is 7. The molecule has 1 fully saturated rings. The Bertz CT molecular complexity index is 1400. The van der Waals surface area contributed by atoms with E-state index in [9.17, 15) is 10.1 Å². The van der Waals surface area contributed by atoms with Crippen molar-refractivity contribution in [2.75, 3.05) is 18.0 Å². The van der Waals surface area contributed by atoms with Crippen LogP contribution in [0.15, 0.2) is 45.9 Å². The van der Waals surface area contributed by atoms with Crippen molar-refractivity contribution < 1.29 is 4.42 Å². The monoisotopic (exact) mass is 444 g/mol. The summed E-state index contributed by atoms with van der Waals surface area (Å²) in [6.45, 7) is 3.62. The van der Waals surface area contributed by atoms with Gasteiger partial charge >= 0.3 is 0 Å². The van der Waals surface area contributed by atoms with E-state index in [1.807, 2.05) is 34.9 Å². The SMILES string of the molecule is Cc1nnc(Cn2cnc3c(C#N)c(N4CCCC(N)C4)n(Cc4ccccc4)c3c2=O)o1. The molecule has 0 aliphatic carbocycles. The molecule has 10 nitrogen and oxygen atoms in total. The van der Waals surface area contributed by atoms with Gasteiger partial charge in [-0.2, -0.15) is 5.26 Å². The second kappa shape index (κ2) is 8.52. The predicted molar refractivity (Wildman–Crippen MR) is 122 cm³/mol. The average Bonchev–Trinajstić information content (AvgIpc) is 3.37. The van der Waals surface area contributed by atoms with Gasteiger partial charge in [0.1, 0.15) is 35.0 Å². The number of hydrogen-bond donors (Lipinski definition) is 1. The van der Waals surface area contributed by atoms with Crippen LogP contribution in [-0.2, 0) is 13.1 Å². The Hall–Kier alpha value is -3.97. The van der Waals surface area contributed by atoms with Gasteiger partial charge in [0.15, 0.2) is 0 Å². The van der Waals surface area contributed by atoms with Gasteiger partial charge in [-0.15, -0.1) is 10.2 Å². The highest BCUT2D eigenvalue weighted by Crippen LogP contribution is 2.32. The lowest BCUT2D eigenvalue weighted by Crippen LogP contribution is -2.44. The summed E-state index contributed by atoms with van der Waals surface area (Å²) in [6, 6.07) is 12.2. The van der Waals surface area contributed by atoms with E-state index in [2.05, 4.69) is 26.2 Å². The molecule has 2 N–H and O–H groups in total. The Labute approximate surface area is 189 Å². The number of benzene rings is 1. The van der Waals surface area contributed by atoms with E-state index in [-0.39, 0.29) is 18.1 Å². The Kier molecular flexibility index (Phi) is 5.40. The summed E-state index contributed by atoms with van der Waals surface area (Å²) in [5.74, 6) is 1.44. The summed E-state index contributed by atoms with van der Waals surface area (Å²) in [4.78, 5) is 20.3. The van der Waals surface area contributed by atoms with Crippen LogP contribution in [-0.4, -0.2) is 43.4 Å². The van der Waals surface area contributed by atoms with Crippen LogP contribution in [0.25, 0.3) is 11.0 Å². The zero-order chi connectivity index (χ0) is 22.9. The fourth-order valence-electron chi connectivity index (χ4n) is 4.47. The highest BCUT2D eigenvalue weighted by Gasteiger charge is 2.28. The van der Waals surface area contributed by atoms with Crippen LogP contribution in [0, 0.1) is 18.3 Å². The molecule has 0 bridgehead atoms. The molecule has 4 aromatic rings. The van der Waals surface area contributed by atoms with E-state index in [0.717, 1.165) is 24.9 Å². The van der Waals surface area contributed by atoms with Crippen molar-refractivity contribution >= 4 is 16.9 Å². The van der Waals surface area contributed by atoms with Gasteiger partial charge in [0, 0.05) is 32.6 Å². The van der Waals surface area contributed by atoms with E-state index in [4.69, 9.17) is 10.2 Å². The maximum absolute atomic E-state index is 13.6. The minimum atomic E-state index is -0.268. The Morgan fingerprint density at radius 2 is 2.06 bits per heavy atom. The van der Waals surface area contributed by atoms with Crippen LogP contribution in [0.1, 0.15) is 35.7 Å². The second-order valence-electron chi connectivity index (χ2n) is 8.32. The summed E-state index contributed by atoms with van der Waals surface area (Å²) in [5, 5.41) is 17.9. The summed E-state index contributed by atoms with van der Waals surface area (Å²) < 4.78 is 8.79. The van der Waals surface area contributed by atoms with Crippen LogP contribution < -0.4 is 16.2 Å². The molecule has 0 spiro atoms. The summed E-state index contributed by atoms with van der Waals surface area (Å²) >= 11 is 0. The molecule has 1 unspecified atom stereocenters. The number of fused-ring (bicyclic) bond motifs is 1. The van der Waals surface area contributed by atoms with Crippen molar-refractivity contribution in [1.82, 2.24) is 24.3 Å². The van der Waals surface area contributed by atoms with Crippen molar-refractivity contribution in [3.63, 3.8) is 0 Å². The first kappa shape index (κ1) is 20.9. The Balaban J connectivity index is 1.71. The van der Waals surface area contributed by atoms with Crippen LogP contribution in [0.4, 0.5) is 5.82 Å². The molecular weight excluding hydrogens is 420 g/mol. The highest BCUT2D eigenvalue weighted by atomic mass is 16.4. The molecule has 4 heterocycles. The van der Waals surface area contributed by atoms with E-state index >= 15 is 0 Å². The quantitative estimate of drug-likeness (QED) is 0.493. The van der Waals surface area contributed by atoms with Gasteiger partial charge in [-0.3, -0.25) is 9.36 Å². The van der Waals surface area contributed by atoms with Gasteiger partial charge in [0.05, 0.1) is 6.33 Å². The topological polar surface area (TPSA) is 132 Å². The van der Waals surface area contributed by atoms with Gasteiger partial charge in [-0.05, 0) is 18.4 Å². The lowest BCUT2D eigenvalue weighted by molar-refractivity contribution is 0.451. The van der Waals surface area contributed by atoms with E-state index < -0.39 is 0 Å². The molecule has 5 rings (SSSR count). The molecular formula is C23H24N8O2. The zero-order valence-electron chi connectivity index (χ0n) is 18.3. The lowest BCUT2D eigenvalue weighted by Gasteiger charge is -2.33. The van der Waals surface area contributed by atoms with Crippen LogP contribution in [0.3, 0.4) is 0 Å². The van der Waals surface area contributed by atoms with Crippen molar-refractivity contribution in [2.24, 2.45) is 5.73 Å². The normalized spacial score (nSPS) is 16.3. The molecule has 0 amide bonds. The minimum Gasteiger partial charge on any atom is -0.424 e. The van der Waals surface area contributed by atoms with E-state index in [0.29, 0.717) is 47.3 Å². The van der Waals surface area contributed by atoms with E-state index in [1.54, 1.807) is 6.92 Å². The third kappa shape index (κ3) is 3.87. The number of aromatic nitrogens is 5. The maximum atomic E-state index is 13.6. The van der Waals surface area contributed by atoms with Crippen molar-refractivity contribution in [3.8, 4) is 6.07 Å². The number of piperidine rings is 1. The molecule has 168 valence electrons. The average molecular weight is 444 g/mol. The number of nitrogens with two attached hydrogens (primary N) is 1. The summed E-state index contributed by atoms with van der Waals surface area (Å²) in [7, 11) is 0. The fraction of sp³-hybridized carbons (Fsp3) is 0.348. The number of hydrogen-bond acceptors (Lipinski definition) is 8. The third-order valence-electron chi connectivity index (χ3n) is 5.93. The molecule has 3 aromatic heterocycles. The van der Waals surface area contributed by atoms with Crippen molar-refractivity contribution in [2.45, 2.75) is 38.9 Å². The van der Waals surface area contributed by atoms with Crippen molar-refractivity contribution in [1.29, 1.82) is 5.26 Å². The fourth-order valence-corrected chi connectivity index (χ4v) is 4.47. The van der Waals surface area contributed by atoms with Crippen LogP contribution in [0.2, 0.25) is 0 Å². The molecule has 1 aliphatic rings. The van der Waals surface area contributed by atoms with Crippen molar-refractivity contribution in [3.05, 3.63) is 69.9 Å². The molecule has 1 aromatic carbocycles. The van der Waals surface area contributed by atoms with E-state index in [1.165, 1.54) is 10.9 Å². The Morgan fingerprint density at radius 1 is 1.24 bits per heavy atom. The number of rotatable bonds is 5. The summed E-state index contributed by atoms with van der Waals surface area (Å²) in [5.41, 5.74) is 8.17. The zero-order valence-corrected chi connectivity index (χ0v) is 18.3. The summed E-state index contributed by atoms with van der Waals surface area (Å²) in [6.07, 6.45) is 3.29. The Morgan fingerprint density at radius 3 is 2.76 bits per heavy atom. The molecule has 0 saturated carbocycles. The largest absolute Gasteiger partial charge is 0.424 e. The number of aryl methyl sites for hydroxylation is 1. The maximum Gasteiger partial charge on any atom is 0.278 e. The standard InChI is InChI=1S/C23H24N8O2/c1-15-27-28-19(33-15)13-30-14-26-20-18(10-24)22(29-9-5-8-17(25)12-29)31(21(20)23(30)32)11-16-6-3-2-4-7-16/h2-4,6-7,14,17H,5,8-9,11-13,25H2,1H3. The predicted octanol–water partition coefficient (Wildman–Crippen LogP) is 1.79. The van der Waals surface area contributed by atoms with Crippen LogP contribution in [0.5, 0.6) is 0 Å². The first-order valence-electron chi connectivity index (χ1n) is 10.9. The minimum absolute atomic E-state index is 0.0128. The van der Waals surface area contributed by atoms with Gasteiger partial charge in [0.25, 0.3) is 5.56 Å². The molecule has 33 heavy (non-hydrogen) atoms. The molecule has 1 aliphatic heterocycles. The van der Waals surface area contributed by atoms with Gasteiger partial charge < -0.3 is 19.6 Å². The first-order chi connectivity index (χ1) is 16.0. The molecule has 0 radical (unpaired) electrons. The molecule has 1 atom stereocenters. The highest BCUT2D eigenvalue weighted by molar-refractivity contribution is 5.89.